The minimum atomic E-state index is -0.467. The molecule has 0 bridgehead atoms. The number of benzene rings is 1. The van der Waals surface area contributed by atoms with Crippen molar-refractivity contribution in [2.75, 3.05) is 30.8 Å². The molecule has 1 saturated heterocycles. The lowest BCUT2D eigenvalue weighted by Crippen LogP contribution is -2.25. The lowest BCUT2D eigenvalue weighted by Gasteiger charge is -2.17. The topological polar surface area (TPSA) is 82.4 Å². The Labute approximate surface area is 156 Å². The van der Waals surface area contributed by atoms with E-state index in [0.29, 0.717) is 16.4 Å². The molecule has 1 aromatic carbocycles. The number of esters is 1. The number of carbonyl (C=O) groups excluding carboxylic acids is 2. The van der Waals surface area contributed by atoms with Crippen LogP contribution in [0.1, 0.15) is 18.4 Å². The minimum Gasteiger partial charge on any atom is -0.455 e. The average molecular weight is 377 g/mol. The Balaban J connectivity index is 1.65. The number of carbonyl (C=O) groups is 2. The van der Waals surface area contributed by atoms with E-state index in [1.807, 2.05) is 0 Å². The number of nitrogens with one attached hydrogen (secondary N) is 1. The van der Waals surface area contributed by atoms with Crippen LogP contribution in [0.25, 0.3) is 0 Å². The van der Waals surface area contributed by atoms with Gasteiger partial charge in [0, 0.05) is 18.8 Å². The predicted molar refractivity (Wildman–Crippen MR) is 101 cm³/mol. The number of likely N-dealkylation sites (tertiary alicyclic amines) is 1. The van der Waals surface area contributed by atoms with Gasteiger partial charge in [0.2, 0.25) is 0 Å². The number of thiocarbonyl (C=S) groups is 1. The highest BCUT2D eigenvalue weighted by molar-refractivity contribution is 8.23. The summed E-state index contributed by atoms with van der Waals surface area (Å²) < 4.78 is 5.66. The number of hydrogen-bond donors (Lipinski definition) is 1. The number of amides is 1. The molecule has 1 aromatic rings. The molecular weight excluding hydrogens is 358 g/mol. The molecule has 0 atom stereocenters. The van der Waals surface area contributed by atoms with Crippen molar-refractivity contribution in [3.63, 3.8) is 0 Å². The monoisotopic (exact) mass is 377 g/mol. The smallest absolute Gasteiger partial charge is 0.316 e. The van der Waals surface area contributed by atoms with Gasteiger partial charge < -0.3 is 15.0 Å². The molecule has 1 heterocycles. The lowest BCUT2D eigenvalue weighted by molar-refractivity contribution is -0.144. The first-order chi connectivity index (χ1) is 12.1. The molecule has 2 rings (SSSR count). The fourth-order valence-corrected chi connectivity index (χ4v) is 3.34. The zero-order chi connectivity index (χ0) is 18.1. The number of anilines is 1. The van der Waals surface area contributed by atoms with Crippen LogP contribution in [0.4, 0.5) is 5.69 Å². The van der Waals surface area contributed by atoms with E-state index in [9.17, 15) is 9.59 Å². The first-order valence-corrected chi connectivity index (χ1v) is 9.31. The molecule has 0 aromatic heterocycles. The first kappa shape index (κ1) is 19.2. The quantitative estimate of drug-likeness (QED) is 0.602. The molecule has 1 fully saturated rings. The Bertz CT molecular complexity index is 665. The van der Waals surface area contributed by atoms with Crippen LogP contribution in [0.2, 0.25) is 0 Å². The van der Waals surface area contributed by atoms with Crippen molar-refractivity contribution in [3.05, 3.63) is 29.8 Å². The van der Waals surface area contributed by atoms with Gasteiger partial charge in [-0.05, 0) is 30.5 Å². The molecule has 8 heteroatoms. The van der Waals surface area contributed by atoms with Gasteiger partial charge in [-0.1, -0.05) is 36.1 Å². The number of nitrogens with zero attached hydrogens (tertiary/aromatic N) is 2. The Hall–Kier alpha value is -2.11. The fraction of sp³-hybridized carbons (Fsp3) is 0.412. The normalized spacial score (nSPS) is 13.2. The standard InChI is InChI=1S/C17H19N3O3S2/c18-8-7-13-3-5-14(6-4-13)19-15(21)11-23-16(22)12-25-17(24)20-9-1-2-10-20/h3-6H,1-2,7,9-12H2,(H,19,21). The maximum atomic E-state index is 11.8. The summed E-state index contributed by atoms with van der Waals surface area (Å²) in [4.78, 5) is 25.6. The molecule has 1 aliphatic rings. The Morgan fingerprint density at radius 1 is 1.28 bits per heavy atom. The van der Waals surface area contributed by atoms with Crippen LogP contribution in [-0.2, 0) is 20.7 Å². The zero-order valence-corrected chi connectivity index (χ0v) is 15.3. The molecule has 0 radical (unpaired) electrons. The van der Waals surface area contributed by atoms with E-state index >= 15 is 0 Å². The summed E-state index contributed by atoms with van der Waals surface area (Å²) in [6, 6.07) is 9.00. The summed E-state index contributed by atoms with van der Waals surface area (Å²) in [5.41, 5.74) is 1.46. The summed E-state index contributed by atoms with van der Waals surface area (Å²) in [5.74, 6) is -0.773. The highest BCUT2D eigenvalue weighted by atomic mass is 32.2. The molecule has 6 nitrogen and oxygen atoms in total. The second kappa shape index (κ2) is 10.0. The Morgan fingerprint density at radius 3 is 2.60 bits per heavy atom. The number of hydrogen-bond acceptors (Lipinski definition) is 6. The van der Waals surface area contributed by atoms with Gasteiger partial charge in [-0.3, -0.25) is 9.59 Å². The molecule has 0 aliphatic carbocycles. The van der Waals surface area contributed by atoms with Crippen LogP contribution in [-0.4, -0.2) is 46.5 Å². The van der Waals surface area contributed by atoms with E-state index in [1.165, 1.54) is 11.8 Å². The fourth-order valence-electron chi connectivity index (χ4n) is 2.29. The van der Waals surface area contributed by atoms with Crippen LogP contribution in [0.5, 0.6) is 0 Å². The van der Waals surface area contributed by atoms with Crippen LogP contribution < -0.4 is 5.32 Å². The van der Waals surface area contributed by atoms with Gasteiger partial charge in [-0.25, -0.2) is 0 Å². The molecule has 0 unspecified atom stereocenters. The van der Waals surface area contributed by atoms with E-state index in [1.54, 1.807) is 24.3 Å². The molecule has 0 spiro atoms. The van der Waals surface area contributed by atoms with E-state index in [-0.39, 0.29) is 12.4 Å². The number of nitriles is 1. The van der Waals surface area contributed by atoms with Crippen LogP contribution >= 0.6 is 24.0 Å². The summed E-state index contributed by atoms with van der Waals surface area (Å²) in [6.45, 7) is 1.54. The molecular formula is C17H19N3O3S2. The molecule has 1 N–H and O–H groups in total. The summed E-state index contributed by atoms with van der Waals surface area (Å²) in [7, 11) is 0. The van der Waals surface area contributed by atoms with Gasteiger partial charge in [0.1, 0.15) is 4.32 Å². The highest BCUT2D eigenvalue weighted by Gasteiger charge is 2.17. The van der Waals surface area contributed by atoms with Gasteiger partial charge in [-0.15, -0.1) is 0 Å². The van der Waals surface area contributed by atoms with Gasteiger partial charge in [0.15, 0.2) is 6.61 Å². The van der Waals surface area contributed by atoms with Gasteiger partial charge >= 0.3 is 5.97 Å². The van der Waals surface area contributed by atoms with Crippen LogP contribution in [0.3, 0.4) is 0 Å². The Morgan fingerprint density at radius 2 is 1.96 bits per heavy atom. The zero-order valence-electron chi connectivity index (χ0n) is 13.7. The number of rotatable bonds is 6. The third kappa shape index (κ3) is 6.72. The maximum Gasteiger partial charge on any atom is 0.316 e. The third-order valence-electron chi connectivity index (χ3n) is 3.56. The number of thioether (sulfide) groups is 1. The first-order valence-electron chi connectivity index (χ1n) is 7.91. The van der Waals surface area contributed by atoms with Crippen molar-refractivity contribution in [2.45, 2.75) is 19.3 Å². The maximum absolute atomic E-state index is 11.8. The van der Waals surface area contributed by atoms with Crippen molar-refractivity contribution >= 4 is 45.9 Å². The second-order valence-corrected chi connectivity index (χ2v) is 7.10. The van der Waals surface area contributed by atoms with Gasteiger partial charge in [0.05, 0.1) is 18.2 Å². The van der Waals surface area contributed by atoms with Crippen molar-refractivity contribution in [1.29, 1.82) is 5.26 Å². The van der Waals surface area contributed by atoms with Crippen molar-refractivity contribution < 1.29 is 14.3 Å². The van der Waals surface area contributed by atoms with E-state index in [2.05, 4.69) is 16.3 Å². The Kier molecular flexibility index (Phi) is 7.70. The van der Waals surface area contributed by atoms with Crippen molar-refractivity contribution in [1.82, 2.24) is 4.90 Å². The van der Waals surface area contributed by atoms with Crippen molar-refractivity contribution in [3.8, 4) is 6.07 Å². The van der Waals surface area contributed by atoms with E-state index < -0.39 is 11.9 Å². The number of ether oxygens (including phenoxy) is 1. The van der Waals surface area contributed by atoms with Crippen LogP contribution in [0.15, 0.2) is 24.3 Å². The SMILES string of the molecule is N#CCc1ccc(NC(=O)COC(=O)CSC(=S)N2CCCC2)cc1. The average Bonchev–Trinajstić information content (AvgIpc) is 3.14. The van der Waals surface area contributed by atoms with Gasteiger partial charge in [0.25, 0.3) is 5.91 Å². The molecule has 0 saturated carbocycles. The third-order valence-corrected chi connectivity index (χ3v) is 5.06. The molecule has 1 amide bonds. The van der Waals surface area contributed by atoms with Crippen LogP contribution in [0, 0.1) is 11.3 Å². The predicted octanol–water partition coefficient (Wildman–Crippen LogP) is 2.35. The molecule has 25 heavy (non-hydrogen) atoms. The largest absolute Gasteiger partial charge is 0.455 e. The summed E-state index contributed by atoms with van der Waals surface area (Å²) >= 11 is 6.53. The van der Waals surface area contributed by atoms with E-state index in [4.69, 9.17) is 22.2 Å². The molecule has 132 valence electrons. The van der Waals surface area contributed by atoms with Crippen molar-refractivity contribution in [2.24, 2.45) is 0 Å². The lowest BCUT2D eigenvalue weighted by atomic mass is 10.1. The highest BCUT2D eigenvalue weighted by Crippen LogP contribution is 2.16. The summed E-state index contributed by atoms with van der Waals surface area (Å²) in [6.07, 6.45) is 2.58. The van der Waals surface area contributed by atoms with E-state index in [0.717, 1.165) is 31.5 Å². The molecule has 1 aliphatic heterocycles. The summed E-state index contributed by atoms with van der Waals surface area (Å²) in [5, 5.41) is 11.3. The second-order valence-electron chi connectivity index (χ2n) is 5.49. The van der Waals surface area contributed by atoms with Gasteiger partial charge in [-0.2, -0.15) is 5.26 Å². The minimum absolute atomic E-state index is 0.103.